The summed E-state index contributed by atoms with van der Waals surface area (Å²) in [6.07, 6.45) is -0.0291. The highest BCUT2D eigenvalue weighted by Gasteiger charge is 2.32. The zero-order valence-corrected chi connectivity index (χ0v) is 16.0. The van der Waals surface area contributed by atoms with Gasteiger partial charge in [-0.15, -0.1) is 0 Å². The molecule has 0 amide bonds. The summed E-state index contributed by atoms with van der Waals surface area (Å²) < 4.78 is 41.2. The number of alkyl halides is 3. The topological polar surface area (TPSA) is 65.6 Å². The Morgan fingerprint density at radius 1 is 1.19 bits per heavy atom. The number of fused-ring (bicyclic) bond motifs is 1. The highest BCUT2D eigenvalue weighted by Crippen LogP contribution is 2.25. The van der Waals surface area contributed by atoms with Crippen molar-refractivity contribution in [3.63, 3.8) is 0 Å². The summed E-state index contributed by atoms with van der Waals surface area (Å²) in [5, 5.41) is 0.400. The Kier molecular flexibility index (Phi) is 4.79. The van der Waals surface area contributed by atoms with Crippen molar-refractivity contribution in [2.75, 3.05) is 6.26 Å². The second-order valence-electron chi connectivity index (χ2n) is 7.03. The number of halogens is 3. The predicted molar refractivity (Wildman–Crippen MR) is 97.5 cm³/mol. The molecule has 0 saturated carbocycles. The Bertz CT molecular complexity index is 1050. The first-order valence-electron chi connectivity index (χ1n) is 8.07. The largest absolute Gasteiger partial charge is 0.408 e. The van der Waals surface area contributed by atoms with Crippen molar-refractivity contribution in [3.8, 4) is 5.69 Å². The van der Waals surface area contributed by atoms with E-state index in [-0.39, 0.29) is 16.4 Å². The Labute approximate surface area is 157 Å². The van der Waals surface area contributed by atoms with Gasteiger partial charge in [0, 0.05) is 23.5 Å². The highest BCUT2D eigenvalue weighted by molar-refractivity contribution is 7.98. The minimum atomic E-state index is -4.56. The number of rotatable bonds is 3. The molecule has 144 valence electrons. The van der Waals surface area contributed by atoms with E-state index in [2.05, 4.69) is 15.0 Å². The maximum atomic E-state index is 13.1. The summed E-state index contributed by atoms with van der Waals surface area (Å²) in [7, 11) is 0. The second kappa shape index (κ2) is 6.66. The number of aromatic nitrogens is 5. The van der Waals surface area contributed by atoms with Gasteiger partial charge in [-0.2, -0.15) is 13.2 Å². The van der Waals surface area contributed by atoms with E-state index in [9.17, 15) is 18.0 Å². The molecule has 0 N–H and O–H groups in total. The Balaban J connectivity index is 2.36. The molecule has 0 radical (unpaired) electrons. The van der Waals surface area contributed by atoms with Crippen LogP contribution in [-0.2, 0) is 12.0 Å². The molecule has 6 nitrogen and oxygen atoms in total. The van der Waals surface area contributed by atoms with Gasteiger partial charge in [-0.05, 0) is 18.4 Å². The Hall–Kier alpha value is -2.36. The lowest BCUT2D eigenvalue weighted by molar-refractivity contribution is -0.144. The van der Waals surface area contributed by atoms with Crippen LogP contribution >= 0.6 is 11.8 Å². The van der Waals surface area contributed by atoms with E-state index in [1.54, 1.807) is 18.4 Å². The van der Waals surface area contributed by atoms with Gasteiger partial charge < -0.3 is 0 Å². The molecule has 10 heteroatoms. The van der Waals surface area contributed by atoms with Crippen molar-refractivity contribution >= 4 is 22.8 Å². The SMILES string of the molecule is CSc1ncc2c(=O)n(CC(F)(F)F)n(-c3ccnc(C(C)(C)C)c3)c2n1. The summed E-state index contributed by atoms with van der Waals surface area (Å²) in [4.78, 5) is 25.2. The average molecular weight is 397 g/mol. The molecular formula is C17H18F3N5OS. The van der Waals surface area contributed by atoms with Gasteiger partial charge in [0.1, 0.15) is 11.9 Å². The van der Waals surface area contributed by atoms with E-state index in [0.717, 1.165) is 0 Å². The summed E-state index contributed by atoms with van der Waals surface area (Å²) in [6, 6.07) is 3.23. The summed E-state index contributed by atoms with van der Waals surface area (Å²) in [5.74, 6) is 0. The van der Waals surface area contributed by atoms with Crippen LogP contribution in [-0.4, -0.2) is 36.7 Å². The molecule has 27 heavy (non-hydrogen) atoms. The van der Waals surface area contributed by atoms with Crippen molar-refractivity contribution in [2.24, 2.45) is 0 Å². The zero-order chi connectivity index (χ0) is 20.0. The number of hydrogen-bond donors (Lipinski definition) is 0. The number of nitrogens with zero attached hydrogens (tertiary/aromatic N) is 5. The van der Waals surface area contributed by atoms with E-state index in [4.69, 9.17) is 0 Å². The van der Waals surface area contributed by atoms with E-state index >= 15 is 0 Å². The van der Waals surface area contributed by atoms with E-state index in [1.165, 1.54) is 28.8 Å². The molecule has 3 aromatic heterocycles. The summed E-state index contributed by atoms with van der Waals surface area (Å²) in [6.45, 7) is 4.42. The maximum Gasteiger partial charge on any atom is 0.408 e. The van der Waals surface area contributed by atoms with Crippen molar-refractivity contribution in [3.05, 3.63) is 40.6 Å². The molecule has 0 saturated heterocycles. The monoisotopic (exact) mass is 397 g/mol. The van der Waals surface area contributed by atoms with Gasteiger partial charge in [-0.25, -0.2) is 19.3 Å². The first-order chi connectivity index (χ1) is 12.5. The molecule has 0 atom stereocenters. The molecule has 0 aliphatic heterocycles. The molecule has 0 spiro atoms. The molecule has 0 fully saturated rings. The fraction of sp³-hybridized carbons (Fsp3) is 0.412. The third kappa shape index (κ3) is 3.85. The standard InChI is InChI=1S/C17H18F3N5OS/c1-16(2,3)12-7-10(5-6-21-12)25-13-11(8-22-15(23-13)27-4)14(26)24(25)9-17(18,19)20/h5-8H,9H2,1-4H3. The molecule has 0 bridgehead atoms. The van der Waals surface area contributed by atoms with Gasteiger partial charge in [-0.1, -0.05) is 32.5 Å². The lowest BCUT2D eigenvalue weighted by Gasteiger charge is -2.20. The maximum absolute atomic E-state index is 13.1. The number of pyridine rings is 1. The van der Waals surface area contributed by atoms with Gasteiger partial charge in [0.15, 0.2) is 10.8 Å². The lowest BCUT2D eigenvalue weighted by Crippen LogP contribution is -2.30. The molecule has 0 unspecified atom stereocenters. The van der Waals surface area contributed by atoms with Crippen LogP contribution in [0.5, 0.6) is 0 Å². The lowest BCUT2D eigenvalue weighted by atomic mass is 9.91. The number of thioether (sulfide) groups is 1. The van der Waals surface area contributed by atoms with Crippen LogP contribution in [0.25, 0.3) is 16.7 Å². The highest BCUT2D eigenvalue weighted by atomic mass is 32.2. The van der Waals surface area contributed by atoms with E-state index in [0.29, 0.717) is 21.2 Å². The summed E-state index contributed by atoms with van der Waals surface area (Å²) in [5.41, 5.74) is 0.107. The quantitative estimate of drug-likeness (QED) is 0.499. The first-order valence-corrected chi connectivity index (χ1v) is 9.30. The third-order valence-electron chi connectivity index (χ3n) is 3.92. The van der Waals surface area contributed by atoms with Crippen LogP contribution in [0, 0.1) is 0 Å². The zero-order valence-electron chi connectivity index (χ0n) is 15.2. The summed E-state index contributed by atoms with van der Waals surface area (Å²) >= 11 is 1.24. The smallest absolute Gasteiger partial charge is 0.267 e. The van der Waals surface area contributed by atoms with Crippen LogP contribution in [0.15, 0.2) is 34.5 Å². The van der Waals surface area contributed by atoms with Crippen molar-refractivity contribution < 1.29 is 13.2 Å². The molecule has 3 aromatic rings. The van der Waals surface area contributed by atoms with Gasteiger partial charge in [0.05, 0.1) is 5.69 Å². The number of hydrogen-bond acceptors (Lipinski definition) is 5. The molecular weight excluding hydrogens is 379 g/mol. The fourth-order valence-corrected chi connectivity index (χ4v) is 2.98. The van der Waals surface area contributed by atoms with E-state index < -0.39 is 18.3 Å². The Morgan fingerprint density at radius 2 is 1.89 bits per heavy atom. The molecule has 3 rings (SSSR count). The van der Waals surface area contributed by atoms with Gasteiger partial charge in [0.25, 0.3) is 5.56 Å². The normalized spacial score (nSPS) is 12.7. The molecule has 0 aromatic carbocycles. The minimum absolute atomic E-state index is 0.0335. The predicted octanol–water partition coefficient (Wildman–Crippen LogP) is 3.56. The van der Waals surface area contributed by atoms with Crippen LogP contribution in [0.2, 0.25) is 0 Å². The Morgan fingerprint density at radius 3 is 2.48 bits per heavy atom. The first kappa shape index (κ1) is 19.4. The average Bonchev–Trinajstić information content (AvgIpc) is 2.84. The van der Waals surface area contributed by atoms with Gasteiger partial charge >= 0.3 is 6.18 Å². The fourth-order valence-electron chi connectivity index (χ4n) is 2.65. The van der Waals surface area contributed by atoms with Gasteiger partial charge in [-0.3, -0.25) is 9.78 Å². The van der Waals surface area contributed by atoms with Gasteiger partial charge in [0.2, 0.25) is 0 Å². The van der Waals surface area contributed by atoms with Crippen molar-refractivity contribution in [1.29, 1.82) is 0 Å². The minimum Gasteiger partial charge on any atom is -0.267 e. The molecule has 3 heterocycles. The molecule has 0 aliphatic carbocycles. The van der Waals surface area contributed by atoms with Crippen LogP contribution < -0.4 is 5.56 Å². The second-order valence-corrected chi connectivity index (χ2v) is 7.81. The molecule has 0 aliphatic rings. The van der Waals surface area contributed by atoms with Crippen molar-refractivity contribution in [2.45, 2.75) is 44.1 Å². The third-order valence-corrected chi connectivity index (χ3v) is 4.48. The van der Waals surface area contributed by atoms with Crippen LogP contribution in [0.3, 0.4) is 0 Å². The van der Waals surface area contributed by atoms with Crippen LogP contribution in [0.4, 0.5) is 13.2 Å². The van der Waals surface area contributed by atoms with Crippen molar-refractivity contribution in [1.82, 2.24) is 24.3 Å². The van der Waals surface area contributed by atoms with E-state index in [1.807, 2.05) is 20.8 Å². The van der Waals surface area contributed by atoms with Crippen LogP contribution in [0.1, 0.15) is 26.5 Å².